The van der Waals surface area contributed by atoms with E-state index in [-0.39, 0.29) is 0 Å². The smallest absolute Gasteiger partial charge is 0.0969 e. The van der Waals surface area contributed by atoms with Gasteiger partial charge < -0.3 is 5.32 Å². The molecule has 0 aliphatic carbocycles. The second-order valence-electron chi connectivity index (χ2n) is 5.18. The van der Waals surface area contributed by atoms with Crippen LogP contribution < -0.4 is 5.32 Å². The van der Waals surface area contributed by atoms with Crippen molar-refractivity contribution >= 4 is 21.6 Å². The highest BCUT2D eigenvalue weighted by Crippen LogP contribution is 2.20. The van der Waals surface area contributed by atoms with Gasteiger partial charge in [-0.25, -0.2) is 9.67 Å². The van der Waals surface area contributed by atoms with Crippen molar-refractivity contribution in [2.24, 2.45) is 5.92 Å². The minimum absolute atomic E-state index is 0.638. The molecule has 3 aromatic rings. The molecular formula is C14H17N5S. The SMILES string of the molecule is CC(C)CNCc1cn(-c2ccc3ncsc3c2)nn1. The van der Waals surface area contributed by atoms with E-state index in [2.05, 4.69) is 40.5 Å². The standard InChI is InChI=1S/C14H17N5S/c1-10(2)6-15-7-11-8-19(18-17-11)12-3-4-13-14(5-12)20-9-16-13/h3-5,8-10,15H,6-7H2,1-2H3. The molecule has 0 aliphatic rings. The predicted molar refractivity (Wildman–Crippen MR) is 81.1 cm³/mol. The summed E-state index contributed by atoms with van der Waals surface area (Å²) in [5.41, 5.74) is 4.86. The first-order chi connectivity index (χ1) is 9.72. The van der Waals surface area contributed by atoms with Crippen molar-refractivity contribution in [1.29, 1.82) is 0 Å². The van der Waals surface area contributed by atoms with Crippen molar-refractivity contribution in [3.63, 3.8) is 0 Å². The van der Waals surface area contributed by atoms with Gasteiger partial charge in [0.15, 0.2) is 0 Å². The molecule has 0 saturated heterocycles. The first kappa shape index (κ1) is 13.2. The summed E-state index contributed by atoms with van der Waals surface area (Å²) in [7, 11) is 0. The lowest BCUT2D eigenvalue weighted by molar-refractivity contribution is 0.548. The molecule has 0 amide bonds. The van der Waals surface area contributed by atoms with Gasteiger partial charge in [0, 0.05) is 6.54 Å². The van der Waals surface area contributed by atoms with Gasteiger partial charge in [-0.1, -0.05) is 19.1 Å². The molecule has 0 aliphatic heterocycles. The average molecular weight is 287 g/mol. The first-order valence-corrected chi connectivity index (χ1v) is 7.56. The quantitative estimate of drug-likeness (QED) is 0.783. The second-order valence-corrected chi connectivity index (χ2v) is 6.07. The Bertz CT molecular complexity index is 700. The molecule has 0 atom stereocenters. The van der Waals surface area contributed by atoms with Crippen LogP contribution in [0.5, 0.6) is 0 Å². The van der Waals surface area contributed by atoms with Gasteiger partial charge in [0.25, 0.3) is 0 Å². The van der Waals surface area contributed by atoms with Gasteiger partial charge in [0.2, 0.25) is 0 Å². The average Bonchev–Trinajstić information content (AvgIpc) is 3.05. The number of hydrogen-bond acceptors (Lipinski definition) is 5. The van der Waals surface area contributed by atoms with E-state index in [1.54, 1.807) is 11.3 Å². The van der Waals surface area contributed by atoms with E-state index < -0.39 is 0 Å². The minimum Gasteiger partial charge on any atom is -0.311 e. The Morgan fingerprint density at radius 2 is 2.25 bits per heavy atom. The monoisotopic (exact) mass is 287 g/mol. The van der Waals surface area contributed by atoms with Crippen molar-refractivity contribution in [2.45, 2.75) is 20.4 Å². The zero-order chi connectivity index (χ0) is 13.9. The van der Waals surface area contributed by atoms with Crippen LogP contribution in [-0.4, -0.2) is 26.5 Å². The summed E-state index contributed by atoms with van der Waals surface area (Å²) in [6.07, 6.45) is 1.97. The summed E-state index contributed by atoms with van der Waals surface area (Å²) in [4.78, 5) is 4.28. The van der Waals surface area contributed by atoms with Gasteiger partial charge in [0.1, 0.15) is 0 Å². The fraction of sp³-hybridized carbons (Fsp3) is 0.357. The van der Waals surface area contributed by atoms with Gasteiger partial charge in [-0.05, 0) is 30.7 Å². The van der Waals surface area contributed by atoms with Crippen molar-refractivity contribution < 1.29 is 0 Å². The van der Waals surface area contributed by atoms with Crippen LogP contribution >= 0.6 is 11.3 Å². The maximum Gasteiger partial charge on any atom is 0.0969 e. The van der Waals surface area contributed by atoms with Crippen LogP contribution in [-0.2, 0) is 6.54 Å². The molecule has 6 heteroatoms. The Morgan fingerprint density at radius 1 is 1.35 bits per heavy atom. The molecular weight excluding hydrogens is 270 g/mol. The maximum absolute atomic E-state index is 4.28. The molecule has 2 aromatic heterocycles. The number of rotatable bonds is 5. The van der Waals surface area contributed by atoms with Crippen LogP contribution in [0.25, 0.3) is 15.9 Å². The van der Waals surface area contributed by atoms with Crippen LogP contribution in [0.1, 0.15) is 19.5 Å². The van der Waals surface area contributed by atoms with E-state index in [9.17, 15) is 0 Å². The molecule has 1 aromatic carbocycles. The molecule has 0 bridgehead atoms. The lowest BCUT2D eigenvalue weighted by Gasteiger charge is -2.04. The molecule has 2 heterocycles. The molecule has 0 unspecified atom stereocenters. The van der Waals surface area contributed by atoms with Crippen molar-refractivity contribution in [3.8, 4) is 5.69 Å². The Kier molecular flexibility index (Phi) is 3.75. The van der Waals surface area contributed by atoms with E-state index in [0.717, 1.165) is 34.7 Å². The van der Waals surface area contributed by atoms with Gasteiger partial charge >= 0.3 is 0 Å². The molecule has 0 radical (unpaired) electrons. The fourth-order valence-corrected chi connectivity index (χ4v) is 2.69. The topological polar surface area (TPSA) is 55.6 Å². The lowest BCUT2D eigenvalue weighted by Crippen LogP contribution is -2.19. The largest absolute Gasteiger partial charge is 0.311 e. The normalized spacial score (nSPS) is 11.6. The van der Waals surface area contributed by atoms with Crippen LogP contribution in [0.2, 0.25) is 0 Å². The molecule has 5 nitrogen and oxygen atoms in total. The Balaban J connectivity index is 1.75. The molecule has 3 rings (SSSR count). The van der Waals surface area contributed by atoms with Crippen molar-refractivity contribution in [3.05, 3.63) is 35.6 Å². The summed E-state index contributed by atoms with van der Waals surface area (Å²) in [5.74, 6) is 0.638. The number of thiazole rings is 1. The van der Waals surface area contributed by atoms with Crippen LogP contribution in [0, 0.1) is 5.92 Å². The summed E-state index contributed by atoms with van der Waals surface area (Å²) in [6, 6.07) is 6.12. The van der Waals surface area contributed by atoms with Crippen LogP contribution in [0.15, 0.2) is 29.9 Å². The maximum atomic E-state index is 4.28. The predicted octanol–water partition coefficient (Wildman–Crippen LogP) is 2.62. The minimum atomic E-state index is 0.638. The Morgan fingerprint density at radius 3 is 3.10 bits per heavy atom. The van der Waals surface area contributed by atoms with E-state index >= 15 is 0 Å². The fourth-order valence-electron chi connectivity index (χ4n) is 1.98. The first-order valence-electron chi connectivity index (χ1n) is 6.68. The number of benzene rings is 1. The summed E-state index contributed by atoms with van der Waals surface area (Å²) < 4.78 is 2.98. The van der Waals surface area contributed by atoms with E-state index in [4.69, 9.17) is 0 Å². The van der Waals surface area contributed by atoms with Crippen LogP contribution in [0.4, 0.5) is 0 Å². The second kappa shape index (κ2) is 5.68. The highest BCUT2D eigenvalue weighted by atomic mass is 32.1. The number of fused-ring (bicyclic) bond motifs is 1. The number of nitrogens with zero attached hydrogens (tertiary/aromatic N) is 4. The Labute approximate surface area is 121 Å². The molecule has 1 N–H and O–H groups in total. The Hall–Kier alpha value is -1.79. The summed E-state index contributed by atoms with van der Waals surface area (Å²) in [5, 5.41) is 11.7. The molecule has 20 heavy (non-hydrogen) atoms. The van der Waals surface area contributed by atoms with Gasteiger partial charge in [-0.15, -0.1) is 16.4 Å². The van der Waals surface area contributed by atoms with Crippen molar-refractivity contribution in [2.75, 3.05) is 6.54 Å². The zero-order valence-corrected chi connectivity index (χ0v) is 12.4. The number of hydrogen-bond donors (Lipinski definition) is 1. The highest BCUT2D eigenvalue weighted by Gasteiger charge is 2.05. The van der Waals surface area contributed by atoms with Gasteiger partial charge in [-0.3, -0.25) is 0 Å². The highest BCUT2D eigenvalue weighted by molar-refractivity contribution is 7.16. The molecule has 0 saturated carbocycles. The molecule has 104 valence electrons. The van der Waals surface area contributed by atoms with E-state index in [1.165, 1.54) is 0 Å². The summed E-state index contributed by atoms with van der Waals surface area (Å²) in [6.45, 7) is 6.11. The van der Waals surface area contributed by atoms with E-state index in [0.29, 0.717) is 5.92 Å². The molecule has 0 spiro atoms. The van der Waals surface area contributed by atoms with Crippen LogP contribution in [0.3, 0.4) is 0 Å². The number of aromatic nitrogens is 4. The van der Waals surface area contributed by atoms with Crippen molar-refractivity contribution in [1.82, 2.24) is 25.3 Å². The van der Waals surface area contributed by atoms with Gasteiger partial charge in [-0.2, -0.15) is 0 Å². The third-order valence-electron chi connectivity index (χ3n) is 2.98. The van der Waals surface area contributed by atoms with E-state index in [1.807, 2.05) is 28.5 Å². The lowest BCUT2D eigenvalue weighted by atomic mass is 10.2. The third kappa shape index (κ3) is 2.86. The number of nitrogens with one attached hydrogen (secondary N) is 1. The van der Waals surface area contributed by atoms with Gasteiger partial charge in [0.05, 0.1) is 33.3 Å². The summed E-state index contributed by atoms with van der Waals surface area (Å²) >= 11 is 1.64. The zero-order valence-electron chi connectivity index (χ0n) is 11.6. The molecule has 0 fully saturated rings. The third-order valence-corrected chi connectivity index (χ3v) is 3.77.